The quantitative estimate of drug-likeness (QED) is 0.459. The van der Waals surface area contributed by atoms with E-state index in [0.29, 0.717) is 24.2 Å². The molecule has 35 heavy (non-hydrogen) atoms. The van der Waals surface area contributed by atoms with Crippen LogP contribution >= 0.6 is 0 Å². The van der Waals surface area contributed by atoms with Gasteiger partial charge in [0.25, 0.3) is 0 Å². The van der Waals surface area contributed by atoms with E-state index in [2.05, 4.69) is 0 Å². The van der Waals surface area contributed by atoms with Gasteiger partial charge in [0, 0.05) is 13.7 Å². The van der Waals surface area contributed by atoms with Crippen molar-refractivity contribution in [1.29, 1.82) is 0 Å². The SMILES string of the molecule is [2H]CO[C@@H]1COCC[C@@H]1N(C(=O)C(F)(F)F)[C@@H]1C=C[C@@](C(=O)OCc2ccccc2)(C2(O)CCC2)C1. The van der Waals surface area contributed by atoms with Crippen LogP contribution in [-0.4, -0.2) is 72.1 Å². The highest BCUT2D eigenvalue weighted by Crippen LogP contribution is 2.54. The minimum atomic E-state index is -5.16. The van der Waals surface area contributed by atoms with E-state index in [1.165, 1.54) is 12.2 Å². The van der Waals surface area contributed by atoms with Crippen molar-refractivity contribution < 1.29 is 43.4 Å². The maximum Gasteiger partial charge on any atom is 0.471 e. The lowest BCUT2D eigenvalue weighted by Gasteiger charge is -2.49. The average molecular weight is 499 g/mol. The van der Waals surface area contributed by atoms with E-state index in [4.69, 9.17) is 15.6 Å². The lowest BCUT2D eigenvalue weighted by Crippen LogP contribution is -2.61. The third kappa shape index (κ3) is 4.83. The highest BCUT2D eigenvalue weighted by atomic mass is 19.4. The van der Waals surface area contributed by atoms with E-state index in [1.54, 1.807) is 24.3 Å². The molecule has 4 rings (SSSR count). The van der Waals surface area contributed by atoms with Crippen LogP contribution in [0.25, 0.3) is 0 Å². The first-order valence-electron chi connectivity index (χ1n) is 12.3. The van der Waals surface area contributed by atoms with Crippen molar-refractivity contribution >= 4 is 11.9 Å². The predicted octanol–water partition coefficient (Wildman–Crippen LogP) is 3.15. The van der Waals surface area contributed by atoms with Gasteiger partial charge in [-0.2, -0.15) is 13.2 Å². The highest BCUT2D eigenvalue weighted by molar-refractivity contribution is 5.85. The first-order valence-corrected chi connectivity index (χ1v) is 11.6. The monoisotopic (exact) mass is 498 g/mol. The van der Waals surface area contributed by atoms with Crippen LogP contribution in [0.1, 0.15) is 39.0 Å². The Balaban J connectivity index is 1.62. The minimum absolute atomic E-state index is 0.0550. The normalized spacial score (nSPS) is 30.3. The summed E-state index contributed by atoms with van der Waals surface area (Å²) in [5.74, 6) is -2.80. The number of rotatable bonds is 7. The molecule has 0 aromatic heterocycles. The molecule has 1 heterocycles. The maximum absolute atomic E-state index is 13.7. The molecule has 1 saturated carbocycles. The fraction of sp³-hybridized carbons (Fsp3) is 0.600. The highest BCUT2D eigenvalue weighted by Gasteiger charge is 2.62. The molecular formula is C25H30F3NO6. The van der Waals surface area contributed by atoms with Crippen LogP contribution in [-0.2, 0) is 30.4 Å². The Kier molecular flexibility index (Phi) is 6.87. The molecular weight excluding hydrogens is 467 g/mol. The number of hydrogen-bond acceptors (Lipinski definition) is 6. The van der Waals surface area contributed by atoms with Crippen LogP contribution in [0.5, 0.6) is 0 Å². The molecule has 7 nitrogen and oxygen atoms in total. The molecule has 10 heteroatoms. The summed E-state index contributed by atoms with van der Waals surface area (Å²) in [4.78, 5) is 26.8. The van der Waals surface area contributed by atoms with E-state index in [-0.39, 0.29) is 32.7 Å². The Labute approximate surface area is 203 Å². The van der Waals surface area contributed by atoms with Crippen LogP contribution in [0.2, 0.25) is 0 Å². The van der Waals surface area contributed by atoms with Crippen molar-refractivity contribution in [3.63, 3.8) is 0 Å². The van der Waals surface area contributed by atoms with Crippen LogP contribution in [0.4, 0.5) is 13.2 Å². The zero-order chi connectivity index (χ0) is 26.0. The average Bonchev–Trinajstić information content (AvgIpc) is 3.29. The molecule has 0 bridgehead atoms. The van der Waals surface area contributed by atoms with Gasteiger partial charge >= 0.3 is 18.1 Å². The summed E-state index contributed by atoms with van der Waals surface area (Å²) in [5, 5.41) is 11.3. The maximum atomic E-state index is 13.7. The van der Waals surface area contributed by atoms with Gasteiger partial charge < -0.3 is 24.2 Å². The van der Waals surface area contributed by atoms with E-state index in [1.807, 2.05) is 6.07 Å². The zero-order valence-corrected chi connectivity index (χ0v) is 19.2. The van der Waals surface area contributed by atoms with Crippen molar-refractivity contribution in [3.05, 3.63) is 48.0 Å². The van der Waals surface area contributed by atoms with Gasteiger partial charge in [-0.05, 0) is 37.7 Å². The Hall–Kier alpha value is -2.43. The molecule has 4 atom stereocenters. The molecule has 2 aliphatic carbocycles. The summed E-state index contributed by atoms with van der Waals surface area (Å²) < 4.78 is 64.7. The number of methoxy groups -OCH3 is 1. The Morgan fingerprint density at radius 2 is 2.03 bits per heavy atom. The van der Waals surface area contributed by atoms with Crippen LogP contribution in [0.3, 0.4) is 0 Å². The lowest BCUT2D eigenvalue weighted by molar-refractivity contribution is -0.199. The first-order chi connectivity index (χ1) is 17.1. The van der Waals surface area contributed by atoms with Crippen molar-refractivity contribution in [2.24, 2.45) is 5.41 Å². The largest absolute Gasteiger partial charge is 0.471 e. The first kappa shape index (κ1) is 24.3. The van der Waals surface area contributed by atoms with Crippen molar-refractivity contribution in [1.82, 2.24) is 4.90 Å². The molecule has 0 radical (unpaired) electrons. The fourth-order valence-electron chi connectivity index (χ4n) is 5.30. The number of halogens is 3. The smallest absolute Gasteiger partial charge is 0.460 e. The van der Waals surface area contributed by atoms with Gasteiger partial charge in [0.05, 0.1) is 25.7 Å². The minimum Gasteiger partial charge on any atom is -0.460 e. The van der Waals surface area contributed by atoms with Gasteiger partial charge in [-0.1, -0.05) is 42.5 Å². The van der Waals surface area contributed by atoms with E-state index >= 15 is 0 Å². The summed E-state index contributed by atoms with van der Waals surface area (Å²) in [7, 11) is -0.505. The number of aliphatic hydroxyl groups is 1. The standard InChI is InChI=1S/C25H30F3NO6/c1-33-20-16-34-13-9-19(20)29(21(30)25(26,27)28)18-8-12-23(14-18,24(32)10-5-11-24)22(31)35-15-17-6-3-2-4-7-17/h2-4,6-8,12,18-20,32H,5,9-11,13-16H2,1H3/t18-,19+,20-,23-/m1/s1/i1D. The van der Waals surface area contributed by atoms with E-state index in [0.717, 1.165) is 5.56 Å². The van der Waals surface area contributed by atoms with Gasteiger partial charge in [-0.15, -0.1) is 0 Å². The Bertz CT molecular complexity index is 968. The molecule has 1 aromatic rings. The summed E-state index contributed by atoms with van der Waals surface area (Å²) in [6.45, 7) is 0.00515. The number of amides is 1. The lowest BCUT2D eigenvalue weighted by atomic mass is 9.60. The van der Waals surface area contributed by atoms with Gasteiger partial charge in [-0.25, -0.2) is 0 Å². The number of carbonyl (C=O) groups excluding carboxylic acids is 2. The van der Waals surface area contributed by atoms with Gasteiger partial charge in [0.1, 0.15) is 18.1 Å². The molecule has 192 valence electrons. The third-order valence-electron chi connectivity index (χ3n) is 7.40. The molecule has 1 aromatic carbocycles. The second kappa shape index (κ2) is 9.91. The Morgan fingerprint density at radius 3 is 2.66 bits per heavy atom. The number of nitrogens with zero attached hydrogens (tertiary/aromatic N) is 1. The molecule has 0 unspecified atom stereocenters. The van der Waals surface area contributed by atoms with E-state index < -0.39 is 54.3 Å². The number of carbonyl (C=O) groups is 2. The number of benzene rings is 1. The fourth-order valence-corrected chi connectivity index (χ4v) is 5.30. The number of ether oxygens (including phenoxy) is 3. The molecule has 2 fully saturated rings. The van der Waals surface area contributed by atoms with Gasteiger partial charge in [-0.3, -0.25) is 9.59 Å². The topological polar surface area (TPSA) is 85.3 Å². The molecule has 1 saturated heterocycles. The summed E-state index contributed by atoms with van der Waals surface area (Å²) in [6.07, 6.45) is -2.22. The second-order valence-corrected chi connectivity index (χ2v) is 9.40. The summed E-state index contributed by atoms with van der Waals surface area (Å²) >= 11 is 0. The second-order valence-electron chi connectivity index (χ2n) is 9.40. The van der Waals surface area contributed by atoms with Crippen molar-refractivity contribution in [2.45, 2.75) is 68.7 Å². The van der Waals surface area contributed by atoms with Crippen LogP contribution in [0, 0.1) is 5.41 Å². The molecule has 1 amide bonds. The Morgan fingerprint density at radius 1 is 1.29 bits per heavy atom. The molecule has 0 spiro atoms. The van der Waals surface area contributed by atoms with Crippen LogP contribution in [0.15, 0.2) is 42.5 Å². The molecule has 1 N–H and O–H groups in total. The number of alkyl halides is 3. The predicted molar refractivity (Wildman–Crippen MR) is 118 cm³/mol. The van der Waals surface area contributed by atoms with Crippen LogP contribution < -0.4 is 0 Å². The van der Waals surface area contributed by atoms with Gasteiger partial charge in [0.15, 0.2) is 0 Å². The van der Waals surface area contributed by atoms with Crippen molar-refractivity contribution in [3.8, 4) is 0 Å². The van der Waals surface area contributed by atoms with E-state index in [9.17, 15) is 27.9 Å². The summed E-state index contributed by atoms with van der Waals surface area (Å²) in [6, 6.07) is 6.78. The molecule has 3 aliphatic rings. The number of esters is 1. The summed E-state index contributed by atoms with van der Waals surface area (Å²) in [5.41, 5.74) is -2.34. The molecule has 1 aliphatic heterocycles. The van der Waals surface area contributed by atoms with Gasteiger partial charge in [0.2, 0.25) is 0 Å². The zero-order valence-electron chi connectivity index (χ0n) is 20.2. The van der Waals surface area contributed by atoms with Crippen molar-refractivity contribution in [2.75, 3.05) is 20.3 Å². The third-order valence-corrected chi connectivity index (χ3v) is 7.40. The number of hydrogen-bond donors (Lipinski definition) is 1.